The molecular formula is C20H21FN2O2. The second-order valence-electron chi connectivity index (χ2n) is 6.34. The van der Waals surface area contributed by atoms with E-state index in [0.717, 1.165) is 24.0 Å². The molecule has 2 aromatic carbocycles. The first-order valence-corrected chi connectivity index (χ1v) is 8.32. The number of nitrogens with one attached hydrogen (secondary N) is 1. The van der Waals surface area contributed by atoms with Gasteiger partial charge in [-0.3, -0.25) is 4.79 Å². The molecule has 0 amide bonds. The van der Waals surface area contributed by atoms with Crippen molar-refractivity contribution < 1.29 is 9.13 Å². The number of H-pyrrole nitrogens is 1. The van der Waals surface area contributed by atoms with Crippen LogP contribution < -0.4 is 5.56 Å². The monoisotopic (exact) mass is 340 g/mol. The number of hydrogen-bond acceptors (Lipinski definition) is 3. The largest absolute Gasteiger partial charge is 0.374 e. The maximum absolute atomic E-state index is 13.3. The minimum Gasteiger partial charge on any atom is -0.374 e. The third-order valence-electron chi connectivity index (χ3n) is 4.61. The highest BCUT2D eigenvalue weighted by Crippen LogP contribution is 2.31. The minimum absolute atomic E-state index is 0.246. The van der Waals surface area contributed by atoms with Crippen LogP contribution in [0, 0.1) is 5.82 Å². The van der Waals surface area contributed by atoms with Crippen LogP contribution in [0.1, 0.15) is 32.3 Å². The summed E-state index contributed by atoms with van der Waals surface area (Å²) < 4.78 is 19.0. The number of fused-ring (bicyclic) bond motifs is 1. The lowest BCUT2D eigenvalue weighted by molar-refractivity contribution is -0.00609. The highest BCUT2D eigenvalue weighted by atomic mass is 19.1. The highest BCUT2D eigenvalue weighted by Gasteiger charge is 2.24. The van der Waals surface area contributed by atoms with Gasteiger partial charge in [0.25, 0.3) is 5.56 Å². The third-order valence-corrected chi connectivity index (χ3v) is 4.61. The number of halogens is 1. The fraction of sp³-hybridized carbons (Fsp3) is 0.300. The second kappa shape index (κ2) is 6.76. The Morgan fingerprint density at radius 2 is 1.92 bits per heavy atom. The number of aromatic amines is 1. The molecule has 130 valence electrons. The van der Waals surface area contributed by atoms with Gasteiger partial charge in [-0.05, 0) is 37.1 Å². The standard InChI is InChI=1S/C20H21FN2O2/c1-4-11-20(2,25-3)14-7-5-13(6-8-14)18-22-17-10-9-15(21)12-16(17)19(24)23-18/h5-10,12H,4,11H2,1-3H3,(H,22,23,24). The summed E-state index contributed by atoms with van der Waals surface area (Å²) >= 11 is 0. The molecule has 1 unspecified atom stereocenters. The van der Waals surface area contributed by atoms with Crippen LogP contribution in [0.15, 0.2) is 47.3 Å². The van der Waals surface area contributed by atoms with Crippen molar-refractivity contribution in [2.24, 2.45) is 0 Å². The zero-order chi connectivity index (χ0) is 18.0. The Hall–Kier alpha value is -2.53. The van der Waals surface area contributed by atoms with E-state index in [-0.39, 0.29) is 16.5 Å². The summed E-state index contributed by atoms with van der Waals surface area (Å²) in [6.45, 7) is 4.19. The molecule has 1 aromatic heterocycles. The summed E-state index contributed by atoms with van der Waals surface area (Å²) in [6, 6.07) is 11.8. The van der Waals surface area contributed by atoms with Crippen molar-refractivity contribution in [3.8, 4) is 11.4 Å². The quantitative estimate of drug-likeness (QED) is 0.749. The van der Waals surface area contributed by atoms with Crippen molar-refractivity contribution in [2.75, 3.05) is 7.11 Å². The van der Waals surface area contributed by atoms with Gasteiger partial charge in [-0.2, -0.15) is 0 Å². The van der Waals surface area contributed by atoms with Gasteiger partial charge in [-0.25, -0.2) is 9.37 Å². The molecule has 1 N–H and O–H groups in total. The van der Waals surface area contributed by atoms with Crippen LogP contribution in [0.5, 0.6) is 0 Å². The van der Waals surface area contributed by atoms with Crippen LogP contribution in [-0.4, -0.2) is 17.1 Å². The first kappa shape index (κ1) is 17.3. The smallest absolute Gasteiger partial charge is 0.259 e. The highest BCUT2D eigenvalue weighted by molar-refractivity contribution is 5.79. The van der Waals surface area contributed by atoms with E-state index in [1.165, 1.54) is 18.2 Å². The van der Waals surface area contributed by atoms with E-state index in [2.05, 4.69) is 23.8 Å². The molecular weight excluding hydrogens is 319 g/mol. The summed E-state index contributed by atoms with van der Waals surface area (Å²) in [4.78, 5) is 19.4. The molecule has 25 heavy (non-hydrogen) atoms. The molecule has 0 bridgehead atoms. The van der Waals surface area contributed by atoms with E-state index in [4.69, 9.17) is 4.74 Å². The molecule has 1 heterocycles. The summed E-state index contributed by atoms with van der Waals surface area (Å²) in [5, 5.41) is 0.246. The molecule has 0 fully saturated rings. The molecule has 5 heteroatoms. The number of benzene rings is 2. The zero-order valence-electron chi connectivity index (χ0n) is 14.6. The van der Waals surface area contributed by atoms with Crippen molar-refractivity contribution in [2.45, 2.75) is 32.3 Å². The van der Waals surface area contributed by atoms with Gasteiger partial charge in [-0.15, -0.1) is 0 Å². The maximum Gasteiger partial charge on any atom is 0.259 e. The van der Waals surface area contributed by atoms with Gasteiger partial charge in [0.15, 0.2) is 0 Å². The zero-order valence-corrected chi connectivity index (χ0v) is 14.6. The number of ether oxygens (including phenoxy) is 1. The molecule has 0 saturated heterocycles. The van der Waals surface area contributed by atoms with Crippen LogP contribution in [0.3, 0.4) is 0 Å². The molecule has 0 spiro atoms. The third kappa shape index (κ3) is 3.33. The predicted molar refractivity (Wildman–Crippen MR) is 97.0 cm³/mol. The van der Waals surface area contributed by atoms with Gasteiger partial charge >= 0.3 is 0 Å². The van der Waals surface area contributed by atoms with Crippen molar-refractivity contribution in [3.05, 3.63) is 64.2 Å². The Morgan fingerprint density at radius 1 is 1.20 bits per heavy atom. The van der Waals surface area contributed by atoms with E-state index in [0.29, 0.717) is 11.3 Å². The average molecular weight is 340 g/mol. The molecule has 3 rings (SSSR count). The van der Waals surface area contributed by atoms with Gasteiger partial charge in [0.05, 0.1) is 16.5 Å². The lowest BCUT2D eigenvalue weighted by Crippen LogP contribution is -2.23. The number of aromatic nitrogens is 2. The van der Waals surface area contributed by atoms with Crippen LogP contribution >= 0.6 is 0 Å². The van der Waals surface area contributed by atoms with E-state index in [9.17, 15) is 9.18 Å². The summed E-state index contributed by atoms with van der Waals surface area (Å²) in [6.07, 6.45) is 1.93. The SMILES string of the molecule is CCCC(C)(OC)c1ccc(-c2nc3ccc(F)cc3c(=O)[nH]2)cc1. The Kier molecular flexibility index (Phi) is 4.68. The van der Waals surface area contributed by atoms with Gasteiger partial charge in [-0.1, -0.05) is 37.6 Å². The predicted octanol–water partition coefficient (Wildman–Crippen LogP) is 4.39. The molecule has 0 radical (unpaired) electrons. The molecule has 0 aliphatic rings. The lowest BCUT2D eigenvalue weighted by atomic mass is 9.90. The Labute approximate surface area is 145 Å². The summed E-state index contributed by atoms with van der Waals surface area (Å²) in [5.41, 5.74) is 1.65. The average Bonchev–Trinajstić information content (AvgIpc) is 2.62. The number of hydrogen-bond donors (Lipinski definition) is 1. The molecule has 0 aliphatic heterocycles. The van der Waals surface area contributed by atoms with Crippen LogP contribution in [0.25, 0.3) is 22.3 Å². The van der Waals surface area contributed by atoms with Crippen LogP contribution in [0.4, 0.5) is 4.39 Å². The van der Waals surface area contributed by atoms with E-state index >= 15 is 0 Å². The van der Waals surface area contributed by atoms with Crippen molar-refractivity contribution >= 4 is 10.9 Å². The Morgan fingerprint density at radius 3 is 2.56 bits per heavy atom. The summed E-state index contributed by atoms with van der Waals surface area (Å²) in [5.74, 6) is 0.0111. The number of nitrogens with zero attached hydrogens (tertiary/aromatic N) is 1. The van der Waals surface area contributed by atoms with Crippen molar-refractivity contribution in [1.29, 1.82) is 0 Å². The first-order chi connectivity index (χ1) is 12.0. The first-order valence-electron chi connectivity index (χ1n) is 8.32. The molecule has 0 saturated carbocycles. The minimum atomic E-state index is -0.452. The Balaban J connectivity index is 2.02. The van der Waals surface area contributed by atoms with E-state index in [1.54, 1.807) is 7.11 Å². The lowest BCUT2D eigenvalue weighted by Gasteiger charge is -2.28. The van der Waals surface area contributed by atoms with Crippen LogP contribution in [0.2, 0.25) is 0 Å². The van der Waals surface area contributed by atoms with Crippen molar-refractivity contribution in [3.63, 3.8) is 0 Å². The van der Waals surface area contributed by atoms with Gasteiger partial charge in [0.1, 0.15) is 11.6 Å². The van der Waals surface area contributed by atoms with Gasteiger partial charge < -0.3 is 9.72 Å². The maximum atomic E-state index is 13.3. The van der Waals surface area contributed by atoms with E-state index < -0.39 is 5.82 Å². The van der Waals surface area contributed by atoms with E-state index in [1.807, 2.05) is 24.3 Å². The fourth-order valence-corrected chi connectivity index (χ4v) is 3.07. The van der Waals surface area contributed by atoms with Gasteiger partial charge in [0, 0.05) is 12.7 Å². The fourth-order valence-electron chi connectivity index (χ4n) is 3.07. The van der Waals surface area contributed by atoms with Crippen LogP contribution in [-0.2, 0) is 10.3 Å². The number of methoxy groups -OCH3 is 1. The molecule has 3 aromatic rings. The molecule has 0 aliphatic carbocycles. The number of rotatable bonds is 5. The molecule has 1 atom stereocenters. The second-order valence-corrected chi connectivity index (χ2v) is 6.34. The molecule has 4 nitrogen and oxygen atoms in total. The summed E-state index contributed by atoms with van der Waals surface area (Å²) in [7, 11) is 1.71. The van der Waals surface area contributed by atoms with Gasteiger partial charge in [0.2, 0.25) is 0 Å². The Bertz CT molecular complexity index is 950. The van der Waals surface area contributed by atoms with Crippen molar-refractivity contribution in [1.82, 2.24) is 9.97 Å². The topological polar surface area (TPSA) is 55.0 Å². The normalized spacial score (nSPS) is 13.8.